The summed E-state index contributed by atoms with van der Waals surface area (Å²) in [5, 5.41) is 8.31. The Kier molecular flexibility index (Phi) is 5.08. The van der Waals surface area contributed by atoms with Gasteiger partial charge in [-0.25, -0.2) is 4.79 Å². The molecule has 0 aromatic carbocycles. The van der Waals surface area contributed by atoms with Gasteiger partial charge >= 0.3 is 6.03 Å². The van der Waals surface area contributed by atoms with Gasteiger partial charge in [-0.3, -0.25) is 4.79 Å². The Balaban J connectivity index is 2.00. The standard InChI is InChI=1S/C11H21N3O2/c1-3-8(2)13-10(15)6-7-12-11(16)14-9-4-5-9/h8-9H,3-7H2,1-2H3,(H,13,15)(H2,12,14,16). The molecule has 1 atom stereocenters. The molecule has 0 radical (unpaired) electrons. The van der Waals surface area contributed by atoms with Crippen LogP contribution in [0.1, 0.15) is 39.5 Å². The third-order valence-electron chi connectivity index (χ3n) is 2.57. The number of hydrogen-bond acceptors (Lipinski definition) is 2. The Morgan fingerprint density at radius 3 is 2.62 bits per heavy atom. The van der Waals surface area contributed by atoms with Crippen molar-refractivity contribution >= 4 is 11.9 Å². The van der Waals surface area contributed by atoms with Crippen molar-refractivity contribution in [1.29, 1.82) is 0 Å². The van der Waals surface area contributed by atoms with E-state index < -0.39 is 0 Å². The van der Waals surface area contributed by atoms with Gasteiger partial charge < -0.3 is 16.0 Å². The lowest BCUT2D eigenvalue weighted by molar-refractivity contribution is -0.121. The Labute approximate surface area is 96.4 Å². The van der Waals surface area contributed by atoms with Crippen LogP contribution < -0.4 is 16.0 Å². The third-order valence-corrected chi connectivity index (χ3v) is 2.57. The van der Waals surface area contributed by atoms with Crippen molar-refractivity contribution < 1.29 is 9.59 Å². The van der Waals surface area contributed by atoms with Crippen molar-refractivity contribution in [3.05, 3.63) is 0 Å². The Bertz CT molecular complexity index is 252. The number of hydrogen-bond donors (Lipinski definition) is 3. The second-order valence-corrected chi connectivity index (χ2v) is 4.30. The molecule has 92 valence electrons. The fraction of sp³-hybridized carbons (Fsp3) is 0.818. The van der Waals surface area contributed by atoms with Gasteiger partial charge in [0.15, 0.2) is 0 Å². The zero-order valence-electron chi connectivity index (χ0n) is 10.0. The van der Waals surface area contributed by atoms with Crippen LogP contribution in [-0.4, -0.2) is 30.6 Å². The van der Waals surface area contributed by atoms with Crippen molar-refractivity contribution in [2.75, 3.05) is 6.54 Å². The van der Waals surface area contributed by atoms with E-state index in [1.807, 2.05) is 13.8 Å². The highest BCUT2D eigenvalue weighted by atomic mass is 16.2. The monoisotopic (exact) mass is 227 g/mol. The molecule has 1 unspecified atom stereocenters. The molecule has 0 saturated heterocycles. The predicted octanol–water partition coefficient (Wildman–Crippen LogP) is 0.753. The molecule has 0 aromatic rings. The van der Waals surface area contributed by atoms with Crippen LogP contribution in [0.4, 0.5) is 4.79 Å². The molecule has 3 N–H and O–H groups in total. The van der Waals surface area contributed by atoms with Crippen molar-refractivity contribution in [2.24, 2.45) is 0 Å². The van der Waals surface area contributed by atoms with Gasteiger partial charge in [0.1, 0.15) is 0 Å². The zero-order chi connectivity index (χ0) is 12.0. The molecule has 3 amide bonds. The molecule has 1 saturated carbocycles. The summed E-state index contributed by atoms with van der Waals surface area (Å²) in [4.78, 5) is 22.5. The van der Waals surface area contributed by atoms with Crippen LogP contribution in [0.25, 0.3) is 0 Å². The van der Waals surface area contributed by atoms with Gasteiger partial charge in [-0.2, -0.15) is 0 Å². The third kappa shape index (κ3) is 5.58. The van der Waals surface area contributed by atoms with Crippen molar-refractivity contribution in [1.82, 2.24) is 16.0 Å². The van der Waals surface area contributed by atoms with E-state index in [0.29, 0.717) is 19.0 Å². The van der Waals surface area contributed by atoms with Gasteiger partial charge in [-0.05, 0) is 26.2 Å². The number of carbonyl (C=O) groups excluding carboxylic acids is 2. The number of rotatable bonds is 6. The lowest BCUT2D eigenvalue weighted by Gasteiger charge is -2.11. The first-order valence-electron chi connectivity index (χ1n) is 5.95. The minimum absolute atomic E-state index is 0.0129. The van der Waals surface area contributed by atoms with E-state index in [-0.39, 0.29) is 18.0 Å². The van der Waals surface area contributed by atoms with Gasteiger partial charge in [-0.1, -0.05) is 6.92 Å². The first-order valence-corrected chi connectivity index (χ1v) is 5.95. The molecule has 5 heteroatoms. The maximum Gasteiger partial charge on any atom is 0.315 e. The zero-order valence-corrected chi connectivity index (χ0v) is 10.0. The molecule has 0 aliphatic heterocycles. The van der Waals surface area contributed by atoms with Crippen LogP contribution >= 0.6 is 0 Å². The minimum Gasteiger partial charge on any atom is -0.354 e. The summed E-state index contributed by atoms with van der Waals surface area (Å²) in [5.74, 6) is -0.0129. The highest BCUT2D eigenvalue weighted by molar-refractivity contribution is 5.78. The summed E-state index contributed by atoms with van der Waals surface area (Å²) in [7, 11) is 0. The summed E-state index contributed by atoms with van der Waals surface area (Å²) in [6.45, 7) is 4.37. The molecule has 5 nitrogen and oxygen atoms in total. The van der Waals surface area contributed by atoms with Gasteiger partial charge in [0.25, 0.3) is 0 Å². The van der Waals surface area contributed by atoms with E-state index in [1.54, 1.807) is 0 Å². The van der Waals surface area contributed by atoms with Crippen LogP contribution in [0.5, 0.6) is 0 Å². The molecule has 1 aliphatic rings. The molecule has 0 heterocycles. The summed E-state index contributed by atoms with van der Waals surface area (Å²) in [6.07, 6.45) is 3.40. The van der Waals surface area contributed by atoms with Gasteiger partial charge in [0.05, 0.1) is 0 Å². The lowest BCUT2D eigenvalue weighted by atomic mass is 10.2. The van der Waals surface area contributed by atoms with Crippen LogP contribution in [0.15, 0.2) is 0 Å². The summed E-state index contributed by atoms with van der Waals surface area (Å²) in [6, 6.07) is 0.389. The predicted molar refractivity (Wildman–Crippen MR) is 62.1 cm³/mol. The molecular formula is C11H21N3O2. The Morgan fingerprint density at radius 2 is 2.06 bits per heavy atom. The van der Waals surface area contributed by atoms with E-state index >= 15 is 0 Å². The highest BCUT2D eigenvalue weighted by Gasteiger charge is 2.22. The number of carbonyl (C=O) groups is 2. The van der Waals surface area contributed by atoms with Gasteiger partial charge in [0, 0.05) is 25.0 Å². The smallest absolute Gasteiger partial charge is 0.315 e. The fourth-order valence-corrected chi connectivity index (χ4v) is 1.20. The molecule has 1 fully saturated rings. The van der Waals surface area contributed by atoms with Gasteiger partial charge in [-0.15, -0.1) is 0 Å². The minimum atomic E-state index is -0.168. The van der Waals surface area contributed by atoms with Crippen LogP contribution in [0.2, 0.25) is 0 Å². The van der Waals surface area contributed by atoms with Gasteiger partial charge in [0.2, 0.25) is 5.91 Å². The van der Waals surface area contributed by atoms with E-state index in [1.165, 1.54) is 0 Å². The molecule has 1 rings (SSSR count). The van der Waals surface area contributed by atoms with Crippen molar-refractivity contribution in [2.45, 2.75) is 51.6 Å². The second-order valence-electron chi connectivity index (χ2n) is 4.30. The first-order chi connectivity index (χ1) is 7.61. The summed E-state index contributed by atoms with van der Waals surface area (Å²) < 4.78 is 0. The second kappa shape index (κ2) is 6.35. The van der Waals surface area contributed by atoms with Crippen molar-refractivity contribution in [3.8, 4) is 0 Å². The SMILES string of the molecule is CCC(C)NC(=O)CCNC(=O)NC1CC1. The maximum atomic E-state index is 11.3. The maximum absolute atomic E-state index is 11.3. The normalized spacial score (nSPS) is 16.4. The molecule has 0 aromatic heterocycles. The van der Waals surface area contributed by atoms with Crippen LogP contribution in [0, 0.1) is 0 Å². The topological polar surface area (TPSA) is 70.2 Å². The fourth-order valence-electron chi connectivity index (χ4n) is 1.20. The largest absolute Gasteiger partial charge is 0.354 e. The molecule has 16 heavy (non-hydrogen) atoms. The Morgan fingerprint density at radius 1 is 1.38 bits per heavy atom. The highest BCUT2D eigenvalue weighted by Crippen LogP contribution is 2.18. The van der Waals surface area contributed by atoms with E-state index in [2.05, 4.69) is 16.0 Å². The summed E-state index contributed by atoms with van der Waals surface area (Å²) in [5.41, 5.74) is 0. The number of urea groups is 1. The van der Waals surface area contributed by atoms with Crippen LogP contribution in [-0.2, 0) is 4.79 Å². The molecule has 1 aliphatic carbocycles. The van der Waals surface area contributed by atoms with Crippen molar-refractivity contribution in [3.63, 3.8) is 0 Å². The summed E-state index contributed by atoms with van der Waals surface area (Å²) >= 11 is 0. The molecular weight excluding hydrogens is 206 g/mol. The average Bonchev–Trinajstić information content (AvgIpc) is 3.01. The van der Waals surface area contributed by atoms with E-state index in [4.69, 9.17) is 0 Å². The van der Waals surface area contributed by atoms with E-state index in [0.717, 1.165) is 19.3 Å². The molecule has 0 spiro atoms. The lowest BCUT2D eigenvalue weighted by Crippen LogP contribution is -2.39. The average molecular weight is 227 g/mol. The van der Waals surface area contributed by atoms with E-state index in [9.17, 15) is 9.59 Å². The number of nitrogens with one attached hydrogen (secondary N) is 3. The quantitative estimate of drug-likeness (QED) is 0.626. The molecule has 0 bridgehead atoms. The first kappa shape index (κ1) is 12.8. The Hall–Kier alpha value is -1.26. The number of amides is 3. The van der Waals surface area contributed by atoms with Crippen LogP contribution in [0.3, 0.4) is 0 Å².